The molecular weight excluding hydrogens is 420 g/mol. The molecule has 1 aromatic rings. The van der Waals surface area contributed by atoms with Crippen molar-refractivity contribution in [2.75, 3.05) is 0 Å². The Morgan fingerprint density at radius 3 is 2.70 bits per heavy atom. The van der Waals surface area contributed by atoms with Crippen LogP contribution >= 0.6 is 0 Å². The number of hydrogen-bond donors (Lipinski definition) is 1. The zero-order valence-corrected chi connectivity index (χ0v) is 20.1. The lowest BCUT2D eigenvalue weighted by Crippen LogP contribution is -2.63. The smallest absolute Gasteiger partial charge is 0.315 e. The molecule has 1 N–H and O–H groups in total. The Morgan fingerprint density at radius 2 is 2.09 bits per heavy atom. The minimum atomic E-state index is -1.26. The van der Waals surface area contributed by atoms with E-state index in [2.05, 4.69) is 23.3 Å². The second-order valence-corrected chi connectivity index (χ2v) is 11.2. The maximum Gasteiger partial charge on any atom is 0.315 e. The summed E-state index contributed by atoms with van der Waals surface area (Å²) in [4.78, 5) is 32.0. The van der Waals surface area contributed by atoms with Crippen LogP contribution < -0.4 is 0 Å². The molecule has 4 aliphatic carbocycles. The van der Waals surface area contributed by atoms with Crippen LogP contribution in [0.5, 0.6) is 0 Å². The molecule has 1 heterocycles. The Labute approximate surface area is 194 Å². The van der Waals surface area contributed by atoms with Gasteiger partial charge < -0.3 is 19.3 Å². The van der Waals surface area contributed by atoms with Crippen molar-refractivity contribution in [2.24, 2.45) is 51.0 Å². The minimum absolute atomic E-state index is 0.0274. The third-order valence-electron chi connectivity index (χ3n) is 9.75. The van der Waals surface area contributed by atoms with Crippen molar-refractivity contribution in [1.29, 1.82) is 0 Å². The quantitative estimate of drug-likeness (QED) is 0.277. The predicted molar refractivity (Wildman–Crippen MR) is 121 cm³/mol. The summed E-state index contributed by atoms with van der Waals surface area (Å²) >= 11 is 0. The van der Waals surface area contributed by atoms with Crippen LogP contribution in [0.2, 0.25) is 0 Å². The molecule has 178 valence electrons. The van der Waals surface area contributed by atoms with E-state index in [0.29, 0.717) is 24.0 Å². The largest absolute Gasteiger partial charge is 0.481 e. The van der Waals surface area contributed by atoms with E-state index in [9.17, 15) is 14.7 Å². The van der Waals surface area contributed by atoms with Crippen molar-refractivity contribution in [2.45, 2.75) is 66.9 Å². The minimum Gasteiger partial charge on any atom is -0.481 e. The number of rotatable bonds is 7. The number of aldehydes is 1. The van der Waals surface area contributed by atoms with Crippen molar-refractivity contribution in [3.63, 3.8) is 0 Å². The van der Waals surface area contributed by atoms with Crippen LogP contribution in [0.3, 0.4) is 0 Å². The van der Waals surface area contributed by atoms with Gasteiger partial charge in [-0.2, -0.15) is 0 Å². The van der Waals surface area contributed by atoms with Gasteiger partial charge >= 0.3 is 5.97 Å². The third-order valence-corrected chi connectivity index (χ3v) is 9.75. The Kier molecular flexibility index (Phi) is 4.93. The highest BCUT2D eigenvalue weighted by Crippen LogP contribution is 2.82. The van der Waals surface area contributed by atoms with Gasteiger partial charge in [0.05, 0.1) is 22.9 Å². The summed E-state index contributed by atoms with van der Waals surface area (Å²) in [6.45, 7) is 10.2. The molecule has 0 unspecified atom stereocenters. The van der Waals surface area contributed by atoms with Crippen LogP contribution in [0.4, 0.5) is 0 Å². The summed E-state index contributed by atoms with van der Waals surface area (Å²) in [6.07, 6.45) is 8.24. The molecule has 0 aromatic carbocycles. The molecule has 5 rings (SSSR count). The van der Waals surface area contributed by atoms with Crippen LogP contribution in [0, 0.1) is 59.7 Å². The molecule has 0 saturated heterocycles. The number of aromatic nitrogens is 1. The van der Waals surface area contributed by atoms with Crippen molar-refractivity contribution < 1.29 is 24.1 Å². The third kappa shape index (κ3) is 2.51. The summed E-state index contributed by atoms with van der Waals surface area (Å²) in [7, 11) is 0. The Hall–Kier alpha value is -2.44. The predicted octanol–water partition coefficient (Wildman–Crippen LogP) is 4.72. The second-order valence-electron chi connectivity index (χ2n) is 11.2. The molecule has 1 aromatic heterocycles. The number of nitrogens with zero attached hydrogens (tertiary/aromatic N) is 2. The SMILES string of the molecule is Cc1noc(C)c1CON=C[C@@]12C[C@@H]3[C@H](C)CC[C@H]3[C@@]3(C=O)C[C@@H]1C=C(C(C)C)[C@]32C(=O)O. The van der Waals surface area contributed by atoms with Gasteiger partial charge in [-0.15, -0.1) is 0 Å². The highest BCUT2D eigenvalue weighted by Gasteiger charge is 2.84. The van der Waals surface area contributed by atoms with Crippen LogP contribution in [0.1, 0.15) is 63.5 Å². The van der Waals surface area contributed by atoms with Gasteiger partial charge in [-0.3, -0.25) is 4.79 Å². The number of aryl methyl sites for hydroxylation is 2. The van der Waals surface area contributed by atoms with E-state index in [1.165, 1.54) is 0 Å². The first-order chi connectivity index (χ1) is 15.7. The number of carboxylic acid groups (broad SMARTS) is 1. The highest BCUT2D eigenvalue weighted by molar-refractivity contribution is 5.96. The van der Waals surface area contributed by atoms with E-state index in [0.717, 1.165) is 42.4 Å². The van der Waals surface area contributed by atoms with E-state index in [4.69, 9.17) is 9.36 Å². The Balaban J connectivity index is 1.60. The van der Waals surface area contributed by atoms with Gasteiger partial charge in [-0.25, -0.2) is 0 Å². The van der Waals surface area contributed by atoms with Crippen LogP contribution in [0.15, 0.2) is 21.3 Å². The standard InChI is InChI=1S/C26H34N2O5/c1-14(2)22-8-18-9-25(13-29)21-7-6-15(3)19(21)10-24(18,26(22,25)23(30)31)12-27-32-11-20-16(4)28-33-17(20)5/h8,12-15,18-19,21H,6-7,9-11H2,1-5H3,(H,30,31)/t15-,18+,19-,21-,24+,25+,26-/m1/s1. The molecule has 0 aliphatic heterocycles. The fraction of sp³-hybridized carbons (Fsp3) is 0.692. The number of carbonyl (C=O) groups excluding carboxylic acids is 1. The van der Waals surface area contributed by atoms with Crippen molar-refractivity contribution >= 4 is 18.5 Å². The fourth-order valence-electron chi connectivity index (χ4n) is 8.43. The van der Waals surface area contributed by atoms with Crippen LogP contribution in [-0.4, -0.2) is 28.7 Å². The molecule has 3 fully saturated rings. The lowest BCUT2D eigenvalue weighted by Gasteiger charge is -2.57. The molecule has 33 heavy (non-hydrogen) atoms. The fourth-order valence-corrected chi connectivity index (χ4v) is 8.43. The first-order valence-electron chi connectivity index (χ1n) is 12.2. The summed E-state index contributed by atoms with van der Waals surface area (Å²) in [6, 6.07) is 0. The molecule has 7 atom stereocenters. The molecule has 7 nitrogen and oxygen atoms in total. The zero-order chi connectivity index (χ0) is 23.8. The number of fused-ring (bicyclic) bond motifs is 2. The molecule has 0 radical (unpaired) electrons. The Morgan fingerprint density at radius 1 is 1.33 bits per heavy atom. The highest BCUT2D eigenvalue weighted by atomic mass is 16.6. The van der Waals surface area contributed by atoms with Crippen molar-refractivity contribution in [3.05, 3.63) is 28.7 Å². The number of allylic oxidation sites excluding steroid dienone is 1. The van der Waals surface area contributed by atoms with Gasteiger partial charge in [-0.1, -0.05) is 49.2 Å². The maximum absolute atomic E-state index is 13.3. The normalized spacial score (nSPS) is 41.0. The van der Waals surface area contributed by atoms with Gasteiger partial charge in [-0.05, 0) is 62.7 Å². The first kappa shape index (κ1) is 22.4. The van der Waals surface area contributed by atoms with Gasteiger partial charge in [0.1, 0.15) is 24.1 Å². The molecule has 4 bridgehead atoms. The summed E-state index contributed by atoms with van der Waals surface area (Å²) in [5, 5.41) is 19.3. The maximum atomic E-state index is 13.3. The lowest BCUT2D eigenvalue weighted by molar-refractivity contribution is -0.173. The van der Waals surface area contributed by atoms with E-state index < -0.39 is 22.2 Å². The van der Waals surface area contributed by atoms with Gasteiger partial charge in [0.15, 0.2) is 0 Å². The average molecular weight is 455 g/mol. The summed E-state index contributed by atoms with van der Waals surface area (Å²) < 4.78 is 5.20. The number of aliphatic carboxylic acids is 1. The van der Waals surface area contributed by atoms with Gasteiger partial charge in [0.25, 0.3) is 0 Å². The topological polar surface area (TPSA) is 102 Å². The molecule has 3 saturated carbocycles. The van der Waals surface area contributed by atoms with Crippen molar-refractivity contribution in [1.82, 2.24) is 5.16 Å². The summed E-state index contributed by atoms with van der Waals surface area (Å²) in [5.74, 6) is 0.714. The molecule has 7 heteroatoms. The molecule has 0 amide bonds. The van der Waals surface area contributed by atoms with E-state index in [1.54, 1.807) is 6.21 Å². The van der Waals surface area contributed by atoms with Crippen LogP contribution in [0.25, 0.3) is 0 Å². The zero-order valence-electron chi connectivity index (χ0n) is 20.1. The number of hydrogen-bond acceptors (Lipinski definition) is 6. The lowest BCUT2D eigenvalue weighted by atomic mass is 9.43. The average Bonchev–Trinajstić information content (AvgIpc) is 3.44. The van der Waals surface area contributed by atoms with E-state index in [-0.39, 0.29) is 24.4 Å². The monoisotopic (exact) mass is 454 g/mol. The van der Waals surface area contributed by atoms with Gasteiger partial charge in [0, 0.05) is 5.41 Å². The summed E-state index contributed by atoms with van der Waals surface area (Å²) in [5.41, 5.74) is -0.400. The number of carbonyl (C=O) groups is 2. The molecular formula is C26H34N2O5. The van der Waals surface area contributed by atoms with Gasteiger partial charge in [0.2, 0.25) is 0 Å². The first-order valence-corrected chi connectivity index (χ1v) is 12.2. The number of carboxylic acids is 1. The van der Waals surface area contributed by atoms with E-state index >= 15 is 0 Å². The molecule has 4 aliphatic rings. The van der Waals surface area contributed by atoms with Crippen molar-refractivity contribution in [3.8, 4) is 0 Å². The number of oxime groups is 1. The van der Waals surface area contributed by atoms with Crippen LogP contribution in [-0.2, 0) is 21.0 Å². The van der Waals surface area contributed by atoms with E-state index in [1.807, 2.05) is 27.7 Å². The Bertz CT molecular complexity index is 1040. The second kappa shape index (κ2) is 7.28. The molecule has 0 spiro atoms.